The van der Waals surface area contributed by atoms with Crippen LogP contribution < -0.4 is 0 Å². The van der Waals surface area contributed by atoms with E-state index in [9.17, 15) is 20.1 Å². The molecule has 174 valence electrons. The Morgan fingerprint density at radius 3 is 2.42 bits per heavy atom. The number of carbonyl (C=O) groups excluding carboxylic acids is 1. The van der Waals surface area contributed by atoms with Gasteiger partial charge in [-0.3, -0.25) is 4.79 Å². The summed E-state index contributed by atoms with van der Waals surface area (Å²) in [4.78, 5) is 15.3. The van der Waals surface area contributed by atoms with Gasteiger partial charge in [-0.2, -0.15) is 0 Å². The van der Waals surface area contributed by atoms with Crippen molar-refractivity contribution in [3.05, 3.63) is 0 Å². The number of nitrogens with zero attached hydrogens (tertiary/aromatic N) is 1. The zero-order valence-corrected chi connectivity index (χ0v) is 18.8. The lowest BCUT2D eigenvalue weighted by atomic mass is 9.43. The molecule has 0 aromatic rings. The SMILES string of the molecule is CCN1C(=O)[C@]2(O)CC[C@H](OC)[C@]34[C@@H]1[C@H](C[C@H]32)[C@@]1(O)C[C@H](OC)[C@H]2C[C@@H]4[C@]1(O)[C@H]2OC. The third-order valence-electron chi connectivity index (χ3n) is 10.8. The van der Waals surface area contributed by atoms with Crippen molar-refractivity contribution in [2.24, 2.45) is 29.1 Å². The summed E-state index contributed by atoms with van der Waals surface area (Å²) < 4.78 is 17.8. The molecule has 5 saturated carbocycles. The lowest BCUT2D eigenvalue weighted by Crippen LogP contribution is -2.83. The van der Waals surface area contributed by atoms with Gasteiger partial charge in [0, 0.05) is 69.4 Å². The number of methoxy groups -OCH3 is 3. The Morgan fingerprint density at radius 2 is 1.81 bits per heavy atom. The summed E-state index contributed by atoms with van der Waals surface area (Å²) in [5.74, 6) is -1.34. The number of rotatable bonds is 4. The van der Waals surface area contributed by atoms with E-state index in [0.29, 0.717) is 38.6 Å². The molecule has 1 saturated heterocycles. The van der Waals surface area contributed by atoms with E-state index < -0.39 is 28.3 Å². The summed E-state index contributed by atoms with van der Waals surface area (Å²) >= 11 is 0. The Hall–Kier alpha value is -0.770. The topological polar surface area (TPSA) is 109 Å². The Balaban J connectivity index is 1.65. The first-order valence-electron chi connectivity index (χ1n) is 11.8. The predicted molar refractivity (Wildman–Crippen MR) is 108 cm³/mol. The Kier molecular flexibility index (Phi) is 4.04. The van der Waals surface area contributed by atoms with Gasteiger partial charge in [-0.05, 0) is 32.6 Å². The number of likely N-dealkylation sites (N-methyl/N-ethyl adjacent to an activating group) is 1. The van der Waals surface area contributed by atoms with Crippen molar-refractivity contribution >= 4 is 5.91 Å². The Bertz CT molecular complexity index is 824. The van der Waals surface area contributed by atoms with Crippen LogP contribution in [0.2, 0.25) is 0 Å². The van der Waals surface area contributed by atoms with Gasteiger partial charge in [0.05, 0.1) is 18.3 Å². The summed E-state index contributed by atoms with van der Waals surface area (Å²) in [5.41, 5.74) is -5.02. The minimum atomic E-state index is -1.47. The molecule has 0 unspecified atom stereocenters. The van der Waals surface area contributed by atoms with Crippen LogP contribution in [0.15, 0.2) is 0 Å². The first-order valence-corrected chi connectivity index (χ1v) is 11.8. The second-order valence-electron chi connectivity index (χ2n) is 11.0. The van der Waals surface area contributed by atoms with E-state index in [0.717, 1.165) is 0 Å². The summed E-state index contributed by atoms with van der Waals surface area (Å²) in [6.07, 6.45) is 1.36. The fourth-order valence-electron chi connectivity index (χ4n) is 10.1. The van der Waals surface area contributed by atoms with Crippen molar-refractivity contribution in [2.45, 2.75) is 80.2 Å². The van der Waals surface area contributed by atoms with Crippen LogP contribution in [0.3, 0.4) is 0 Å². The molecule has 8 nitrogen and oxygen atoms in total. The van der Waals surface area contributed by atoms with Gasteiger partial charge in [-0.25, -0.2) is 0 Å². The van der Waals surface area contributed by atoms with Gasteiger partial charge in [0.2, 0.25) is 0 Å². The fraction of sp³-hybridized carbons (Fsp3) is 0.957. The third-order valence-corrected chi connectivity index (χ3v) is 10.8. The van der Waals surface area contributed by atoms with Crippen molar-refractivity contribution < 1.29 is 34.3 Å². The van der Waals surface area contributed by atoms with Gasteiger partial charge in [0.25, 0.3) is 5.91 Å². The number of carbonyl (C=O) groups is 1. The molecule has 5 aliphatic carbocycles. The second kappa shape index (κ2) is 6.02. The highest BCUT2D eigenvalue weighted by atomic mass is 16.5. The van der Waals surface area contributed by atoms with E-state index in [1.807, 2.05) is 6.92 Å². The van der Waals surface area contributed by atoms with E-state index in [-0.39, 0.29) is 47.8 Å². The molecule has 6 rings (SSSR count). The normalized spacial score (nSPS) is 61.1. The van der Waals surface area contributed by atoms with Gasteiger partial charge in [-0.15, -0.1) is 0 Å². The molecule has 0 aromatic carbocycles. The number of ether oxygens (including phenoxy) is 3. The van der Waals surface area contributed by atoms with Crippen molar-refractivity contribution in [2.75, 3.05) is 27.9 Å². The van der Waals surface area contributed by atoms with Crippen molar-refractivity contribution in [3.8, 4) is 0 Å². The summed E-state index contributed by atoms with van der Waals surface area (Å²) in [7, 11) is 4.95. The highest BCUT2D eigenvalue weighted by Crippen LogP contribution is 2.79. The zero-order valence-electron chi connectivity index (χ0n) is 18.8. The predicted octanol–water partition coefficient (Wildman–Crippen LogP) is -0.0749. The molecule has 0 radical (unpaired) electrons. The van der Waals surface area contributed by atoms with Crippen LogP contribution in [-0.2, 0) is 19.0 Å². The van der Waals surface area contributed by atoms with Crippen LogP contribution in [0.1, 0.15) is 39.0 Å². The minimum absolute atomic E-state index is 0.0574. The molecular formula is C23H35NO7. The monoisotopic (exact) mass is 437 g/mol. The molecule has 8 heteroatoms. The average Bonchev–Trinajstić information content (AvgIpc) is 3.20. The van der Waals surface area contributed by atoms with E-state index >= 15 is 0 Å². The van der Waals surface area contributed by atoms with Crippen LogP contribution >= 0.6 is 0 Å². The molecule has 3 N–H and O–H groups in total. The maximum absolute atomic E-state index is 13.5. The van der Waals surface area contributed by atoms with Crippen molar-refractivity contribution in [1.82, 2.24) is 4.90 Å². The van der Waals surface area contributed by atoms with Crippen molar-refractivity contribution in [1.29, 1.82) is 0 Å². The van der Waals surface area contributed by atoms with Crippen LogP contribution in [0.25, 0.3) is 0 Å². The maximum atomic E-state index is 13.5. The highest BCUT2D eigenvalue weighted by Gasteiger charge is 2.89. The third kappa shape index (κ3) is 1.82. The van der Waals surface area contributed by atoms with Gasteiger partial charge in [0.15, 0.2) is 0 Å². The van der Waals surface area contributed by atoms with E-state index in [2.05, 4.69) is 0 Å². The molecule has 0 aromatic heterocycles. The molecule has 1 heterocycles. The number of hydrogen-bond donors (Lipinski definition) is 3. The molecule has 7 bridgehead atoms. The molecule has 1 amide bonds. The van der Waals surface area contributed by atoms with E-state index in [1.165, 1.54) is 0 Å². The zero-order chi connectivity index (χ0) is 22.1. The van der Waals surface area contributed by atoms with Gasteiger partial charge < -0.3 is 34.4 Å². The number of fused-ring (bicyclic) bond motifs is 2. The van der Waals surface area contributed by atoms with Gasteiger partial charge in [-0.1, -0.05) is 0 Å². The highest BCUT2D eigenvalue weighted by molar-refractivity contribution is 5.88. The molecule has 1 spiro atoms. The quantitative estimate of drug-likeness (QED) is 0.565. The fourth-order valence-corrected chi connectivity index (χ4v) is 10.1. The van der Waals surface area contributed by atoms with Crippen LogP contribution in [0.4, 0.5) is 0 Å². The smallest absolute Gasteiger partial charge is 0.255 e. The Morgan fingerprint density at radius 1 is 1.06 bits per heavy atom. The molecule has 12 atom stereocenters. The first-order chi connectivity index (χ1) is 14.7. The standard InChI is InChI=1S/C23H35NO7/c1-5-24-17-12-9-14-20(26,19(24)25)7-6-16(30-3)22(14,17)15-8-11-13(29-2)10-21(12,27)23(15,28)18(11)31-4/h11-18,26-28H,5-10H2,1-4H3/t11-,12+,13+,14+,15+,16+,17+,18+,20+,21+,22+,23+/m1/s1. The number of likely N-dealkylation sites (tertiary alicyclic amines) is 1. The van der Waals surface area contributed by atoms with Crippen LogP contribution in [0.5, 0.6) is 0 Å². The van der Waals surface area contributed by atoms with Gasteiger partial charge >= 0.3 is 0 Å². The second-order valence-corrected chi connectivity index (χ2v) is 11.0. The lowest BCUT2D eigenvalue weighted by Gasteiger charge is -2.69. The van der Waals surface area contributed by atoms with Crippen LogP contribution in [-0.4, -0.2) is 95.2 Å². The minimum Gasteiger partial charge on any atom is -0.386 e. The molecule has 1 aliphatic heterocycles. The number of aliphatic hydroxyl groups is 3. The molecule has 31 heavy (non-hydrogen) atoms. The molecule has 6 aliphatic rings. The summed E-state index contributed by atoms with van der Waals surface area (Å²) in [6.45, 7) is 2.39. The van der Waals surface area contributed by atoms with E-state index in [1.54, 1.807) is 26.2 Å². The largest absolute Gasteiger partial charge is 0.386 e. The first kappa shape index (κ1) is 20.8. The van der Waals surface area contributed by atoms with Gasteiger partial charge in [0.1, 0.15) is 16.8 Å². The molecular weight excluding hydrogens is 402 g/mol. The average molecular weight is 438 g/mol. The summed E-state index contributed by atoms with van der Waals surface area (Å²) in [5, 5.41) is 36.6. The molecule has 6 fully saturated rings. The van der Waals surface area contributed by atoms with Crippen molar-refractivity contribution in [3.63, 3.8) is 0 Å². The van der Waals surface area contributed by atoms with E-state index in [4.69, 9.17) is 14.2 Å². The number of amides is 1. The lowest BCUT2D eigenvalue weighted by molar-refractivity contribution is -0.331. The maximum Gasteiger partial charge on any atom is 0.255 e. The summed E-state index contributed by atoms with van der Waals surface area (Å²) in [6, 6.07) is -0.275. The number of hydrogen-bond acceptors (Lipinski definition) is 7. The number of piperidine rings is 1. The van der Waals surface area contributed by atoms with Crippen LogP contribution in [0, 0.1) is 29.1 Å². The Labute approximate surface area is 182 Å².